The maximum atomic E-state index is 9.79. The number of hydrogen-bond donors (Lipinski definition) is 2. The van der Waals surface area contributed by atoms with Gasteiger partial charge in [-0.15, -0.1) is 0 Å². The summed E-state index contributed by atoms with van der Waals surface area (Å²) in [4.78, 5) is 19.6. The number of methoxy groups -OCH3 is 1. The number of nitrogens with one attached hydrogen (secondary N) is 1. The molecule has 79 valence electrons. The third kappa shape index (κ3) is 29.4. The van der Waals surface area contributed by atoms with Crippen molar-refractivity contribution in [2.75, 3.05) is 7.11 Å². The minimum atomic E-state index is -0.505. The van der Waals surface area contributed by atoms with Crippen LogP contribution in [0.5, 0.6) is 0 Å². The first kappa shape index (κ1) is 23.9. The summed E-state index contributed by atoms with van der Waals surface area (Å²) in [7, 11) is 1.27. The molecule has 0 aromatic rings. The Labute approximate surface area is 124 Å². The van der Waals surface area contributed by atoms with Crippen LogP contribution in [0.3, 0.4) is 0 Å². The summed E-state index contributed by atoms with van der Waals surface area (Å²) >= 11 is 0. The molecule has 0 unspecified atom stereocenters. The van der Waals surface area contributed by atoms with Crippen molar-refractivity contribution in [3.63, 3.8) is 0 Å². The molecule has 0 saturated carbocycles. The average molecular weight is 446 g/mol. The van der Waals surface area contributed by atoms with Gasteiger partial charge >= 0.3 is 21.1 Å². The van der Waals surface area contributed by atoms with Crippen LogP contribution in [0.4, 0.5) is 0 Å². The molecule has 0 fully saturated rings. The molecule has 5 nitrogen and oxygen atoms in total. The maximum absolute atomic E-state index is 9.79. The van der Waals surface area contributed by atoms with Crippen LogP contribution in [0.15, 0.2) is 0 Å². The number of nitrogens with two attached hydrogens (primary N) is 1. The first-order valence-electron chi connectivity index (χ1n) is 3.11. The van der Waals surface area contributed by atoms with Crippen LogP contribution in [0.1, 0.15) is 6.92 Å². The molecule has 0 rings (SSSR count). The van der Waals surface area contributed by atoms with Gasteiger partial charge in [0.05, 0.1) is 13.0 Å². The van der Waals surface area contributed by atoms with Crippen molar-refractivity contribution in [3.8, 4) is 0 Å². The molecule has 0 aliphatic carbocycles. The summed E-state index contributed by atoms with van der Waals surface area (Å²) in [6.07, 6.45) is 0. The predicted octanol–water partition coefficient (Wildman–Crippen LogP) is -0.607. The Bertz CT molecular complexity index is 141. The molecule has 0 atom stereocenters. The first-order valence-corrected chi connectivity index (χ1v) is 3.11. The van der Waals surface area contributed by atoms with Crippen molar-refractivity contribution in [2.45, 2.75) is 6.92 Å². The van der Waals surface area contributed by atoms with E-state index in [1.54, 1.807) is 6.92 Å². The fraction of sp³-hybridized carbons (Fsp3) is 0.286. The standard InChI is InChI=1S/C4H7NO.C3H6NO2.W.Y/c1-3-5-4(2)6;1-6-3(5)2-4;;/h3H,2H2,1H3,(H,5,6);2H,4H2,1H3;;/q-2;-1;+2;. The van der Waals surface area contributed by atoms with Gasteiger partial charge in [0.2, 0.25) is 0 Å². The molecule has 0 heterocycles. The molecule has 1 amide bonds. The Balaban J connectivity index is -0.0000000625. The molecule has 14 heavy (non-hydrogen) atoms. The normalized spacial score (nSPS) is 6.21. The summed E-state index contributed by atoms with van der Waals surface area (Å²) in [5.74, 6) is -0.771. The molecule has 0 spiro atoms. The van der Waals surface area contributed by atoms with Gasteiger partial charge in [0.25, 0.3) is 0 Å². The van der Waals surface area contributed by atoms with E-state index >= 15 is 0 Å². The van der Waals surface area contributed by atoms with E-state index in [0.717, 1.165) is 6.54 Å². The van der Waals surface area contributed by atoms with Gasteiger partial charge < -0.3 is 27.5 Å². The van der Waals surface area contributed by atoms with Crippen molar-refractivity contribution < 1.29 is 68.1 Å². The topological polar surface area (TPSA) is 81.4 Å². The van der Waals surface area contributed by atoms with Gasteiger partial charge in [-0.25, -0.2) is 13.1 Å². The second-order valence-corrected chi connectivity index (χ2v) is 1.55. The SMILES string of the molecule is COC(=O)[CH-]N.[CH2-]C(=O)N[CH-]C.[W+2].[Y]. The summed E-state index contributed by atoms with van der Waals surface area (Å²) in [6, 6.07) is 0. The van der Waals surface area contributed by atoms with Gasteiger partial charge in [0, 0.05) is 32.7 Å². The fourth-order valence-corrected chi connectivity index (χ4v) is 0.229. The molecule has 0 aromatic carbocycles. The molecule has 0 saturated heterocycles. The number of amides is 1. The molecule has 0 aliphatic rings. The van der Waals surface area contributed by atoms with Gasteiger partial charge in [-0.2, -0.15) is 6.92 Å². The average Bonchev–Trinajstić information content (AvgIpc) is 2.04. The third-order valence-electron chi connectivity index (χ3n) is 0.643. The van der Waals surface area contributed by atoms with Crippen molar-refractivity contribution in [1.29, 1.82) is 0 Å². The smallest absolute Gasteiger partial charge is 0.531 e. The Kier molecular flexibility index (Phi) is 32.6. The number of ether oxygens (including phenoxy) is 1. The number of rotatable bonds is 2. The molecular weight excluding hydrogens is 433 g/mol. The molecule has 7 heteroatoms. The van der Waals surface area contributed by atoms with Gasteiger partial charge in [0.15, 0.2) is 5.97 Å². The summed E-state index contributed by atoms with van der Waals surface area (Å²) in [6.45, 7) is 7.17. The van der Waals surface area contributed by atoms with E-state index in [9.17, 15) is 9.59 Å². The zero-order valence-electron chi connectivity index (χ0n) is 8.15. The van der Waals surface area contributed by atoms with E-state index < -0.39 is 5.97 Å². The number of carbonyl (C=O) groups is 2. The van der Waals surface area contributed by atoms with Gasteiger partial charge in [-0.3, -0.25) is 4.79 Å². The van der Waals surface area contributed by atoms with Crippen LogP contribution in [0.25, 0.3) is 0 Å². The second-order valence-electron chi connectivity index (χ2n) is 1.55. The minimum absolute atomic E-state index is 0. The minimum Gasteiger partial charge on any atom is -0.531 e. The van der Waals surface area contributed by atoms with E-state index in [4.69, 9.17) is 0 Å². The van der Waals surface area contributed by atoms with E-state index in [-0.39, 0.29) is 59.7 Å². The molecule has 0 aromatic heterocycles. The van der Waals surface area contributed by atoms with Gasteiger partial charge in [0.1, 0.15) is 0 Å². The second kappa shape index (κ2) is 19.1. The predicted molar refractivity (Wildman–Crippen MR) is 44.0 cm³/mol. The van der Waals surface area contributed by atoms with Gasteiger partial charge in [-0.1, -0.05) is 0 Å². The molecule has 0 bridgehead atoms. The monoisotopic (exact) mass is 446 g/mol. The number of esters is 1. The van der Waals surface area contributed by atoms with Crippen molar-refractivity contribution >= 4 is 11.9 Å². The third-order valence-corrected chi connectivity index (χ3v) is 0.643. The maximum Gasteiger partial charge on any atom is 2.00 e. The number of hydrogen-bond acceptors (Lipinski definition) is 4. The van der Waals surface area contributed by atoms with E-state index in [0.29, 0.717) is 0 Å². The van der Waals surface area contributed by atoms with Crippen LogP contribution in [-0.4, -0.2) is 19.0 Å². The Morgan fingerprint density at radius 3 is 1.93 bits per heavy atom. The van der Waals surface area contributed by atoms with Crippen LogP contribution in [-0.2, 0) is 68.1 Å². The zero-order valence-corrected chi connectivity index (χ0v) is 13.9. The molecule has 3 N–H and O–H groups in total. The van der Waals surface area contributed by atoms with Crippen molar-refractivity contribution in [3.05, 3.63) is 20.0 Å². The zero-order chi connectivity index (χ0) is 9.98. The van der Waals surface area contributed by atoms with E-state index in [2.05, 4.69) is 22.7 Å². The van der Waals surface area contributed by atoms with E-state index in [1.807, 2.05) is 0 Å². The van der Waals surface area contributed by atoms with Crippen LogP contribution in [0, 0.1) is 20.0 Å². The summed E-state index contributed by atoms with van der Waals surface area (Å²) in [5.41, 5.74) is 4.68. The summed E-state index contributed by atoms with van der Waals surface area (Å²) in [5, 5.41) is 2.33. The Morgan fingerprint density at radius 2 is 1.93 bits per heavy atom. The van der Waals surface area contributed by atoms with Crippen LogP contribution < -0.4 is 11.1 Å². The Hall–Kier alpha value is 0.432. The quantitative estimate of drug-likeness (QED) is 0.439. The van der Waals surface area contributed by atoms with Crippen LogP contribution >= 0.6 is 0 Å². The first-order chi connectivity index (χ1) is 5.58. The number of carbonyl (C=O) groups excluding carboxylic acids is 2. The van der Waals surface area contributed by atoms with E-state index in [1.165, 1.54) is 13.7 Å². The largest absolute Gasteiger partial charge is 2.00 e. The molecule has 0 aliphatic heterocycles. The molecule has 1 radical (unpaired) electrons. The summed E-state index contributed by atoms with van der Waals surface area (Å²) < 4.78 is 4.08. The van der Waals surface area contributed by atoms with Crippen molar-refractivity contribution in [2.24, 2.45) is 5.73 Å². The fourth-order valence-electron chi connectivity index (χ4n) is 0.229. The van der Waals surface area contributed by atoms with Crippen molar-refractivity contribution in [1.82, 2.24) is 5.32 Å². The molecular formula is C7H13N2O3WY-. The Morgan fingerprint density at radius 1 is 1.50 bits per heavy atom. The van der Waals surface area contributed by atoms with Crippen LogP contribution in [0.2, 0.25) is 0 Å². The van der Waals surface area contributed by atoms with Gasteiger partial charge in [-0.05, 0) is 0 Å².